The first kappa shape index (κ1) is 12.6. The summed E-state index contributed by atoms with van der Waals surface area (Å²) in [5.74, 6) is -0.380. The van der Waals surface area contributed by atoms with Gasteiger partial charge >= 0.3 is 0 Å². The molecule has 0 aliphatic rings. The third-order valence-corrected chi connectivity index (χ3v) is 2.71. The molecule has 1 aromatic carbocycles. The monoisotopic (exact) mass is 254 g/mol. The minimum atomic E-state index is -0.521. The fourth-order valence-electron chi connectivity index (χ4n) is 1.74. The number of ketones is 1. The van der Waals surface area contributed by atoms with Gasteiger partial charge in [0.1, 0.15) is 17.4 Å². The highest BCUT2D eigenvalue weighted by atomic mass is 16.3. The molecule has 0 saturated carbocycles. The summed E-state index contributed by atoms with van der Waals surface area (Å²) in [6.45, 7) is 1.58. The summed E-state index contributed by atoms with van der Waals surface area (Å²) >= 11 is 0. The number of benzene rings is 1. The molecule has 0 aliphatic carbocycles. The number of pyridine rings is 1. The van der Waals surface area contributed by atoms with Gasteiger partial charge < -0.3 is 10.1 Å². The number of carbonyl (C=O) groups excluding carboxylic acids is 1. The molecule has 0 amide bonds. The predicted molar refractivity (Wildman–Crippen MR) is 68.1 cm³/mol. The van der Waals surface area contributed by atoms with E-state index < -0.39 is 5.56 Å². The lowest BCUT2D eigenvalue weighted by Crippen LogP contribution is -2.16. The van der Waals surface area contributed by atoms with Gasteiger partial charge in [0.25, 0.3) is 5.56 Å². The lowest BCUT2D eigenvalue weighted by molar-refractivity contribution is 0.103. The van der Waals surface area contributed by atoms with Crippen LogP contribution < -0.4 is 5.56 Å². The number of phenolic OH excluding ortho intramolecular Hbond substituents is 1. The van der Waals surface area contributed by atoms with E-state index in [0.29, 0.717) is 11.3 Å². The molecule has 2 rings (SSSR count). The summed E-state index contributed by atoms with van der Waals surface area (Å²) < 4.78 is 0. The fourth-order valence-corrected chi connectivity index (χ4v) is 1.74. The van der Waals surface area contributed by atoms with E-state index in [0.717, 1.165) is 0 Å². The minimum Gasteiger partial charge on any atom is -0.508 e. The van der Waals surface area contributed by atoms with Gasteiger partial charge in [0.05, 0.1) is 0 Å². The molecule has 1 heterocycles. The molecule has 0 spiro atoms. The van der Waals surface area contributed by atoms with Crippen LogP contribution in [-0.4, -0.2) is 15.9 Å². The molecular weight excluding hydrogens is 244 g/mol. The van der Waals surface area contributed by atoms with Crippen LogP contribution in [0.3, 0.4) is 0 Å². The van der Waals surface area contributed by atoms with E-state index >= 15 is 0 Å². The van der Waals surface area contributed by atoms with E-state index in [-0.39, 0.29) is 22.7 Å². The first-order valence-electron chi connectivity index (χ1n) is 5.50. The largest absolute Gasteiger partial charge is 0.508 e. The van der Waals surface area contributed by atoms with Gasteiger partial charge in [0.15, 0.2) is 5.78 Å². The third-order valence-electron chi connectivity index (χ3n) is 2.71. The highest BCUT2D eigenvalue weighted by Gasteiger charge is 2.15. The number of nitrogens with one attached hydrogen (secondary N) is 1. The van der Waals surface area contributed by atoms with Crippen LogP contribution in [0.2, 0.25) is 0 Å². The number of hydrogen-bond acceptors (Lipinski definition) is 4. The zero-order valence-electron chi connectivity index (χ0n) is 10.1. The number of aromatic nitrogens is 1. The van der Waals surface area contributed by atoms with E-state index in [9.17, 15) is 14.7 Å². The first-order valence-corrected chi connectivity index (χ1v) is 5.50. The molecule has 0 fully saturated rings. The Morgan fingerprint density at radius 3 is 2.74 bits per heavy atom. The van der Waals surface area contributed by atoms with Crippen molar-refractivity contribution < 1.29 is 9.90 Å². The molecule has 5 heteroatoms. The van der Waals surface area contributed by atoms with Crippen LogP contribution in [0.1, 0.15) is 27.2 Å². The van der Waals surface area contributed by atoms with E-state index in [2.05, 4.69) is 4.98 Å². The Labute approximate surface area is 108 Å². The van der Waals surface area contributed by atoms with Gasteiger partial charge in [-0.3, -0.25) is 9.59 Å². The summed E-state index contributed by atoms with van der Waals surface area (Å²) in [5, 5.41) is 18.2. The standard InChI is InChI=1S/C14H10N2O3/c1-8-12(6-10(7-15)14(19)16-8)13(18)9-3-2-4-11(17)5-9/h2-6,17H,1H3,(H,16,19). The zero-order valence-corrected chi connectivity index (χ0v) is 10.1. The van der Waals surface area contributed by atoms with Crippen molar-refractivity contribution in [3.05, 3.63) is 63.1 Å². The van der Waals surface area contributed by atoms with Crippen LogP contribution in [0.25, 0.3) is 0 Å². The van der Waals surface area contributed by atoms with Gasteiger partial charge in [-0.05, 0) is 25.1 Å². The molecule has 19 heavy (non-hydrogen) atoms. The van der Waals surface area contributed by atoms with Crippen LogP contribution >= 0.6 is 0 Å². The summed E-state index contributed by atoms with van der Waals surface area (Å²) in [4.78, 5) is 26.1. The van der Waals surface area contributed by atoms with Gasteiger partial charge in [-0.25, -0.2) is 0 Å². The fraction of sp³-hybridized carbons (Fsp3) is 0.0714. The maximum Gasteiger partial charge on any atom is 0.266 e. The van der Waals surface area contributed by atoms with Crippen LogP contribution in [0.5, 0.6) is 5.75 Å². The Balaban J connectivity index is 2.57. The molecule has 0 bridgehead atoms. The van der Waals surface area contributed by atoms with Crippen molar-refractivity contribution in [3.63, 3.8) is 0 Å². The van der Waals surface area contributed by atoms with Crippen molar-refractivity contribution in [1.82, 2.24) is 4.98 Å². The lowest BCUT2D eigenvalue weighted by atomic mass is 10.0. The Morgan fingerprint density at radius 2 is 2.11 bits per heavy atom. The number of aromatic amines is 1. The van der Waals surface area contributed by atoms with Crippen molar-refractivity contribution in [1.29, 1.82) is 5.26 Å². The number of hydrogen-bond donors (Lipinski definition) is 2. The molecule has 5 nitrogen and oxygen atoms in total. The SMILES string of the molecule is Cc1[nH]c(=O)c(C#N)cc1C(=O)c1cccc(O)c1. The van der Waals surface area contributed by atoms with Crippen LogP contribution in [0.4, 0.5) is 0 Å². The van der Waals surface area contributed by atoms with Gasteiger partial charge in [0.2, 0.25) is 0 Å². The summed E-state index contributed by atoms with van der Waals surface area (Å²) in [6.07, 6.45) is 0. The molecule has 0 saturated heterocycles. The van der Waals surface area contributed by atoms with E-state index in [1.54, 1.807) is 25.1 Å². The number of phenols is 1. The predicted octanol–water partition coefficient (Wildman–Crippen LogP) is 1.49. The average molecular weight is 254 g/mol. The van der Waals surface area contributed by atoms with Crippen LogP contribution in [0.15, 0.2) is 35.1 Å². The number of H-pyrrole nitrogens is 1. The van der Waals surface area contributed by atoms with Gasteiger partial charge in [-0.15, -0.1) is 0 Å². The molecule has 2 aromatic rings. The number of carbonyl (C=O) groups is 1. The van der Waals surface area contributed by atoms with Crippen LogP contribution in [-0.2, 0) is 0 Å². The average Bonchev–Trinajstić information content (AvgIpc) is 2.38. The molecule has 0 aliphatic heterocycles. The van der Waals surface area contributed by atoms with Crippen molar-refractivity contribution in [2.75, 3.05) is 0 Å². The highest BCUT2D eigenvalue weighted by Crippen LogP contribution is 2.16. The zero-order chi connectivity index (χ0) is 14.0. The van der Waals surface area contributed by atoms with Gasteiger partial charge in [-0.2, -0.15) is 5.26 Å². The molecule has 1 aromatic heterocycles. The molecule has 0 radical (unpaired) electrons. The smallest absolute Gasteiger partial charge is 0.266 e. The Morgan fingerprint density at radius 1 is 1.37 bits per heavy atom. The lowest BCUT2D eigenvalue weighted by Gasteiger charge is -2.05. The molecule has 94 valence electrons. The number of aryl methyl sites for hydroxylation is 1. The summed E-state index contributed by atoms with van der Waals surface area (Å²) in [6, 6.07) is 8.89. The Kier molecular flexibility index (Phi) is 3.17. The van der Waals surface area contributed by atoms with Crippen molar-refractivity contribution >= 4 is 5.78 Å². The second kappa shape index (κ2) is 4.78. The number of nitrogens with zero attached hydrogens (tertiary/aromatic N) is 1. The second-order valence-electron chi connectivity index (χ2n) is 4.04. The molecular formula is C14H10N2O3. The summed E-state index contributed by atoms with van der Waals surface area (Å²) in [7, 11) is 0. The maximum absolute atomic E-state index is 12.3. The van der Waals surface area contributed by atoms with Gasteiger partial charge in [-0.1, -0.05) is 12.1 Å². The summed E-state index contributed by atoms with van der Waals surface area (Å²) in [5.41, 5.74) is 0.277. The number of aromatic hydroxyl groups is 1. The minimum absolute atomic E-state index is 0.0200. The van der Waals surface area contributed by atoms with Crippen molar-refractivity contribution in [3.8, 4) is 11.8 Å². The Bertz CT molecular complexity index is 754. The van der Waals surface area contributed by atoms with Crippen LogP contribution in [0, 0.1) is 18.3 Å². The van der Waals surface area contributed by atoms with E-state index in [1.165, 1.54) is 18.2 Å². The Hall–Kier alpha value is -2.87. The van der Waals surface area contributed by atoms with Gasteiger partial charge in [0, 0.05) is 16.8 Å². The number of rotatable bonds is 2. The van der Waals surface area contributed by atoms with E-state index in [1.807, 2.05) is 0 Å². The topological polar surface area (TPSA) is 94.0 Å². The first-order chi connectivity index (χ1) is 9.02. The normalized spacial score (nSPS) is 9.89. The van der Waals surface area contributed by atoms with E-state index in [4.69, 9.17) is 5.26 Å². The quantitative estimate of drug-likeness (QED) is 0.794. The second-order valence-corrected chi connectivity index (χ2v) is 4.04. The van der Waals surface area contributed by atoms with Crippen molar-refractivity contribution in [2.24, 2.45) is 0 Å². The molecule has 0 unspecified atom stereocenters. The highest BCUT2D eigenvalue weighted by molar-refractivity contribution is 6.10. The number of nitriles is 1. The molecule has 2 N–H and O–H groups in total. The van der Waals surface area contributed by atoms with Crippen molar-refractivity contribution in [2.45, 2.75) is 6.92 Å². The maximum atomic E-state index is 12.3. The molecule has 0 atom stereocenters. The third kappa shape index (κ3) is 2.38.